The molecule has 1 aliphatic rings. The Morgan fingerprint density at radius 3 is 2.50 bits per heavy atom. The molecule has 3 nitrogen and oxygen atoms in total. The van der Waals surface area contributed by atoms with Crippen LogP contribution in [0.4, 0.5) is 17.6 Å². The Bertz CT molecular complexity index is 601. The second-order valence-corrected chi connectivity index (χ2v) is 6.64. The highest BCUT2D eigenvalue weighted by atomic mass is 19.4. The highest BCUT2D eigenvalue weighted by molar-refractivity contribution is 5.82. The average Bonchev–Trinajstić information content (AvgIpc) is 2.47. The van der Waals surface area contributed by atoms with Gasteiger partial charge in [0.2, 0.25) is 5.91 Å². The van der Waals surface area contributed by atoms with Gasteiger partial charge in [0.25, 0.3) is 0 Å². The number of amides is 1. The van der Waals surface area contributed by atoms with E-state index in [0.717, 1.165) is 12.1 Å². The molecule has 134 valence electrons. The van der Waals surface area contributed by atoms with Crippen molar-refractivity contribution in [2.24, 2.45) is 5.92 Å². The van der Waals surface area contributed by atoms with Gasteiger partial charge in [0.05, 0.1) is 11.6 Å². The van der Waals surface area contributed by atoms with Gasteiger partial charge in [-0.15, -0.1) is 0 Å². The van der Waals surface area contributed by atoms with Crippen molar-refractivity contribution in [3.8, 4) is 0 Å². The Morgan fingerprint density at radius 2 is 1.92 bits per heavy atom. The molecule has 0 saturated carbocycles. The van der Waals surface area contributed by atoms with Gasteiger partial charge in [-0.05, 0) is 30.5 Å². The maximum atomic E-state index is 13.4. The highest BCUT2D eigenvalue weighted by Gasteiger charge is 2.35. The molecule has 1 heterocycles. The van der Waals surface area contributed by atoms with Crippen molar-refractivity contribution in [2.75, 3.05) is 19.6 Å². The van der Waals surface area contributed by atoms with Crippen LogP contribution in [0.25, 0.3) is 0 Å². The first-order valence-electron chi connectivity index (χ1n) is 7.98. The lowest BCUT2D eigenvalue weighted by molar-refractivity contribution is -0.142. The summed E-state index contributed by atoms with van der Waals surface area (Å²) in [5, 5.41) is 0. The summed E-state index contributed by atoms with van der Waals surface area (Å²) in [5.74, 6) is -0.940. The quantitative estimate of drug-likeness (QED) is 0.779. The number of nitrogens with zero attached hydrogens (tertiary/aromatic N) is 2. The summed E-state index contributed by atoms with van der Waals surface area (Å²) in [7, 11) is 0. The van der Waals surface area contributed by atoms with E-state index in [4.69, 9.17) is 0 Å². The molecule has 1 atom stereocenters. The van der Waals surface area contributed by atoms with E-state index in [0.29, 0.717) is 31.1 Å². The average molecular weight is 346 g/mol. The van der Waals surface area contributed by atoms with Gasteiger partial charge in [0.1, 0.15) is 5.82 Å². The highest BCUT2D eigenvalue weighted by Crippen LogP contribution is 2.32. The van der Waals surface area contributed by atoms with Crippen LogP contribution in [0.1, 0.15) is 31.9 Å². The molecule has 0 spiro atoms. The molecule has 0 N–H and O–H groups in total. The summed E-state index contributed by atoms with van der Waals surface area (Å²) in [4.78, 5) is 16.0. The van der Waals surface area contributed by atoms with Crippen LogP contribution in [0, 0.1) is 11.7 Å². The summed E-state index contributed by atoms with van der Waals surface area (Å²) >= 11 is 0. The summed E-state index contributed by atoms with van der Waals surface area (Å²) in [6.45, 7) is 7.80. The zero-order valence-electron chi connectivity index (χ0n) is 14.0. The predicted molar refractivity (Wildman–Crippen MR) is 82.7 cm³/mol. The number of rotatable bonds is 4. The minimum absolute atomic E-state index is 0.0203. The SMILES string of the molecule is CC(C)CN1CCN(Cc2ccc(F)c(C(F)(F)F)c2)C(C)C1=O. The van der Waals surface area contributed by atoms with E-state index in [1.807, 2.05) is 18.7 Å². The van der Waals surface area contributed by atoms with E-state index in [9.17, 15) is 22.4 Å². The van der Waals surface area contributed by atoms with Crippen molar-refractivity contribution in [1.29, 1.82) is 0 Å². The fourth-order valence-electron chi connectivity index (χ4n) is 2.93. The Kier molecular flexibility index (Phi) is 5.52. The van der Waals surface area contributed by atoms with Crippen LogP contribution in [0.5, 0.6) is 0 Å². The van der Waals surface area contributed by atoms with Crippen LogP contribution in [0.2, 0.25) is 0 Å². The number of hydrogen-bond donors (Lipinski definition) is 0. The third-order valence-electron chi connectivity index (χ3n) is 4.18. The van der Waals surface area contributed by atoms with Gasteiger partial charge in [-0.3, -0.25) is 9.69 Å². The van der Waals surface area contributed by atoms with E-state index in [-0.39, 0.29) is 12.5 Å². The smallest absolute Gasteiger partial charge is 0.340 e. The summed E-state index contributed by atoms with van der Waals surface area (Å²) in [5.41, 5.74) is -0.918. The van der Waals surface area contributed by atoms with Crippen LogP contribution < -0.4 is 0 Å². The fourth-order valence-corrected chi connectivity index (χ4v) is 2.93. The largest absolute Gasteiger partial charge is 0.419 e. The van der Waals surface area contributed by atoms with Crippen molar-refractivity contribution in [2.45, 2.75) is 39.5 Å². The van der Waals surface area contributed by atoms with E-state index >= 15 is 0 Å². The Hall–Kier alpha value is -1.63. The van der Waals surface area contributed by atoms with Crippen LogP contribution in [-0.4, -0.2) is 41.4 Å². The zero-order valence-corrected chi connectivity index (χ0v) is 14.0. The molecule has 1 unspecified atom stereocenters. The molecule has 1 amide bonds. The van der Waals surface area contributed by atoms with Gasteiger partial charge in [-0.2, -0.15) is 13.2 Å². The lowest BCUT2D eigenvalue weighted by Crippen LogP contribution is -2.56. The maximum absolute atomic E-state index is 13.4. The van der Waals surface area contributed by atoms with Gasteiger partial charge >= 0.3 is 6.18 Å². The van der Waals surface area contributed by atoms with Crippen LogP contribution in [0.15, 0.2) is 18.2 Å². The first-order chi connectivity index (χ1) is 11.1. The first kappa shape index (κ1) is 18.7. The topological polar surface area (TPSA) is 23.6 Å². The van der Waals surface area contributed by atoms with Gasteiger partial charge in [-0.1, -0.05) is 19.9 Å². The molecule has 1 aliphatic heterocycles. The summed E-state index contributed by atoms with van der Waals surface area (Å²) < 4.78 is 51.8. The minimum atomic E-state index is -4.72. The Morgan fingerprint density at radius 1 is 1.25 bits per heavy atom. The predicted octanol–water partition coefficient (Wildman–Crippen LogP) is 3.53. The number of halogens is 4. The van der Waals surface area contributed by atoms with Crippen molar-refractivity contribution >= 4 is 5.91 Å². The molecule has 1 aromatic rings. The van der Waals surface area contributed by atoms with Crippen molar-refractivity contribution in [3.63, 3.8) is 0 Å². The van der Waals surface area contributed by atoms with Gasteiger partial charge < -0.3 is 4.90 Å². The second-order valence-electron chi connectivity index (χ2n) is 6.64. The molecule has 2 rings (SSSR count). The van der Waals surface area contributed by atoms with E-state index in [1.54, 1.807) is 11.8 Å². The molecule has 1 fully saturated rings. The zero-order chi connectivity index (χ0) is 18.1. The minimum Gasteiger partial charge on any atom is -0.340 e. The van der Waals surface area contributed by atoms with Gasteiger partial charge in [0, 0.05) is 26.2 Å². The van der Waals surface area contributed by atoms with Crippen LogP contribution >= 0.6 is 0 Å². The fraction of sp³-hybridized carbons (Fsp3) is 0.588. The molecule has 1 aromatic carbocycles. The number of alkyl halides is 3. The monoisotopic (exact) mass is 346 g/mol. The normalized spacial score (nSPS) is 20.1. The van der Waals surface area contributed by atoms with E-state index in [1.165, 1.54) is 6.07 Å². The van der Waals surface area contributed by atoms with Crippen molar-refractivity contribution in [1.82, 2.24) is 9.80 Å². The third-order valence-corrected chi connectivity index (χ3v) is 4.18. The lowest BCUT2D eigenvalue weighted by atomic mass is 10.1. The van der Waals surface area contributed by atoms with E-state index < -0.39 is 23.6 Å². The van der Waals surface area contributed by atoms with Gasteiger partial charge in [0.15, 0.2) is 0 Å². The van der Waals surface area contributed by atoms with Crippen LogP contribution in [-0.2, 0) is 17.5 Å². The number of carbonyl (C=O) groups excluding carboxylic acids is 1. The number of benzene rings is 1. The van der Waals surface area contributed by atoms with Crippen molar-refractivity contribution in [3.05, 3.63) is 35.1 Å². The molecule has 0 bridgehead atoms. The second kappa shape index (κ2) is 7.09. The molecule has 0 aliphatic carbocycles. The summed E-state index contributed by atoms with van der Waals surface area (Å²) in [6, 6.07) is 2.59. The standard InChI is InChI=1S/C17H22F4N2O/c1-11(2)9-23-7-6-22(12(3)16(23)24)10-13-4-5-15(18)14(8-13)17(19,20)21/h4-5,8,11-12H,6-7,9-10H2,1-3H3. The third kappa shape index (κ3) is 4.26. The van der Waals surface area contributed by atoms with Gasteiger partial charge in [-0.25, -0.2) is 4.39 Å². The molecular weight excluding hydrogens is 324 g/mol. The Balaban J connectivity index is 2.11. The first-order valence-corrected chi connectivity index (χ1v) is 7.98. The molecule has 1 saturated heterocycles. The van der Waals surface area contributed by atoms with E-state index in [2.05, 4.69) is 0 Å². The number of carbonyl (C=O) groups is 1. The molecular formula is C17H22F4N2O. The number of piperazine rings is 1. The van der Waals surface area contributed by atoms with Crippen LogP contribution in [0.3, 0.4) is 0 Å². The number of hydrogen-bond acceptors (Lipinski definition) is 2. The molecule has 0 radical (unpaired) electrons. The molecule has 0 aromatic heterocycles. The molecule has 24 heavy (non-hydrogen) atoms. The van der Waals surface area contributed by atoms with Crippen molar-refractivity contribution < 1.29 is 22.4 Å². The lowest BCUT2D eigenvalue weighted by Gasteiger charge is -2.39. The molecule has 7 heteroatoms. The Labute approximate surface area is 139 Å². The maximum Gasteiger partial charge on any atom is 0.419 e. The summed E-state index contributed by atoms with van der Waals surface area (Å²) in [6.07, 6.45) is -4.72.